The summed E-state index contributed by atoms with van der Waals surface area (Å²) in [5, 5.41) is 8.11. The van der Waals surface area contributed by atoms with E-state index in [1.54, 1.807) is 62.6 Å². The summed E-state index contributed by atoms with van der Waals surface area (Å²) in [5.74, 6) is -0.334. The van der Waals surface area contributed by atoms with Gasteiger partial charge in [-0.05, 0) is 84.2 Å². The fraction of sp³-hybridized carbons (Fsp3) is 0.212. The van der Waals surface area contributed by atoms with Crippen LogP contribution in [-0.4, -0.2) is 43.5 Å². The van der Waals surface area contributed by atoms with E-state index in [9.17, 15) is 14.4 Å². The van der Waals surface area contributed by atoms with Crippen molar-refractivity contribution in [2.24, 2.45) is 0 Å². The summed E-state index contributed by atoms with van der Waals surface area (Å²) in [4.78, 5) is 42.0. The number of carbonyl (C=O) groups is 2. The van der Waals surface area contributed by atoms with E-state index in [4.69, 9.17) is 16.7 Å². The second kappa shape index (κ2) is 11.8. The largest absolute Gasteiger partial charge is 0.350 e. The van der Waals surface area contributed by atoms with E-state index in [1.807, 2.05) is 44.2 Å². The SMILES string of the molecule is CC(C)NC(=O)c1ccc(-n2c(=O)c3c(n4ncc(Cc5ccccc5)c24)CN(C(=O)c2ccc(Br)c(Cl)c2)CC3)cc1. The van der Waals surface area contributed by atoms with Crippen LogP contribution in [-0.2, 0) is 19.4 Å². The molecule has 0 radical (unpaired) electrons. The Bertz CT molecular complexity index is 1920. The third-order valence-corrected chi connectivity index (χ3v) is 8.80. The first-order chi connectivity index (χ1) is 20.7. The van der Waals surface area contributed by atoms with Crippen molar-refractivity contribution >= 4 is 45.0 Å². The van der Waals surface area contributed by atoms with E-state index in [0.29, 0.717) is 62.6 Å². The van der Waals surface area contributed by atoms with Crippen molar-refractivity contribution in [1.82, 2.24) is 24.4 Å². The van der Waals surface area contributed by atoms with E-state index in [0.717, 1.165) is 11.1 Å². The number of nitrogens with one attached hydrogen (secondary N) is 1. The quantitative estimate of drug-likeness (QED) is 0.249. The zero-order valence-electron chi connectivity index (χ0n) is 23.7. The minimum Gasteiger partial charge on any atom is -0.350 e. The van der Waals surface area contributed by atoms with Crippen molar-refractivity contribution in [3.8, 4) is 5.69 Å². The van der Waals surface area contributed by atoms with Crippen LogP contribution in [0.5, 0.6) is 0 Å². The molecule has 0 aliphatic carbocycles. The molecular formula is C33H29BrClN5O3. The van der Waals surface area contributed by atoms with Crippen molar-refractivity contribution in [2.45, 2.75) is 39.3 Å². The molecule has 1 N–H and O–H groups in total. The first kappa shape index (κ1) is 28.9. The fourth-order valence-electron chi connectivity index (χ4n) is 5.49. The molecular weight excluding hydrogens is 630 g/mol. The molecule has 0 atom stereocenters. The zero-order chi connectivity index (χ0) is 30.2. The molecule has 3 aromatic carbocycles. The molecule has 6 rings (SSSR count). The number of amides is 2. The predicted molar refractivity (Wildman–Crippen MR) is 170 cm³/mol. The van der Waals surface area contributed by atoms with Gasteiger partial charge in [-0.2, -0.15) is 5.10 Å². The Labute approximate surface area is 262 Å². The molecule has 0 unspecified atom stereocenters. The average Bonchev–Trinajstić information content (AvgIpc) is 3.41. The maximum atomic E-state index is 14.2. The molecule has 0 bridgehead atoms. The van der Waals surface area contributed by atoms with Crippen LogP contribution < -0.4 is 10.9 Å². The van der Waals surface area contributed by atoms with Crippen LogP contribution in [0.25, 0.3) is 11.3 Å². The van der Waals surface area contributed by atoms with Gasteiger partial charge >= 0.3 is 0 Å². The molecule has 1 aliphatic rings. The molecule has 1 aliphatic heterocycles. The van der Waals surface area contributed by atoms with Gasteiger partial charge in [0.05, 0.1) is 29.1 Å². The van der Waals surface area contributed by atoms with Crippen LogP contribution in [0.2, 0.25) is 5.02 Å². The molecule has 0 fully saturated rings. The zero-order valence-corrected chi connectivity index (χ0v) is 26.0. The lowest BCUT2D eigenvalue weighted by Crippen LogP contribution is -2.41. The molecule has 3 heterocycles. The lowest BCUT2D eigenvalue weighted by atomic mass is 10.0. The average molecular weight is 659 g/mol. The minimum atomic E-state index is -0.171. The van der Waals surface area contributed by atoms with Crippen molar-refractivity contribution in [2.75, 3.05) is 6.54 Å². The Morgan fingerprint density at radius 2 is 1.74 bits per heavy atom. The molecule has 2 amide bonds. The van der Waals surface area contributed by atoms with Gasteiger partial charge in [0.2, 0.25) is 0 Å². The van der Waals surface area contributed by atoms with Crippen LogP contribution in [0.4, 0.5) is 0 Å². The number of hydrogen-bond acceptors (Lipinski definition) is 4. The normalized spacial score (nSPS) is 12.9. The summed E-state index contributed by atoms with van der Waals surface area (Å²) < 4.78 is 4.19. The van der Waals surface area contributed by atoms with Crippen molar-refractivity contribution < 1.29 is 9.59 Å². The second-order valence-electron chi connectivity index (χ2n) is 10.9. The van der Waals surface area contributed by atoms with Crippen LogP contribution in [0.3, 0.4) is 0 Å². The molecule has 5 aromatic rings. The lowest BCUT2D eigenvalue weighted by Gasteiger charge is -2.30. The standard InChI is InChI=1S/C33H29BrClN5O3/c1-20(2)37-30(41)22-8-11-25(12-9-22)39-31-24(16-21-6-4-3-5-7-21)18-36-40(31)29-19-38(15-14-26(29)33(39)43)32(42)23-10-13-27(34)28(35)17-23/h3-13,17-18,20H,14-16,19H2,1-2H3,(H,37,41). The molecule has 10 heteroatoms. The maximum absolute atomic E-state index is 14.2. The highest BCUT2D eigenvalue weighted by atomic mass is 79.9. The number of hydrogen-bond donors (Lipinski definition) is 1. The number of halogens is 2. The van der Waals surface area contributed by atoms with Crippen LogP contribution in [0, 0.1) is 0 Å². The fourth-order valence-corrected chi connectivity index (χ4v) is 5.91. The summed E-state index contributed by atoms with van der Waals surface area (Å²) in [7, 11) is 0. The number of carbonyl (C=O) groups excluding carboxylic acids is 2. The number of aromatic nitrogens is 3. The summed E-state index contributed by atoms with van der Waals surface area (Å²) in [6.07, 6.45) is 2.73. The summed E-state index contributed by atoms with van der Waals surface area (Å²) in [6.45, 7) is 4.43. The highest BCUT2D eigenvalue weighted by Gasteiger charge is 2.29. The Kier molecular flexibility index (Phi) is 7.94. The van der Waals surface area contributed by atoms with E-state index >= 15 is 0 Å². The number of nitrogens with zero attached hydrogens (tertiary/aromatic N) is 4. The maximum Gasteiger partial charge on any atom is 0.261 e. The Morgan fingerprint density at radius 3 is 2.44 bits per heavy atom. The van der Waals surface area contributed by atoms with E-state index < -0.39 is 0 Å². The first-order valence-corrected chi connectivity index (χ1v) is 15.2. The summed E-state index contributed by atoms with van der Waals surface area (Å²) in [6, 6.07) is 22.2. The third-order valence-electron chi connectivity index (χ3n) is 7.56. The van der Waals surface area contributed by atoms with E-state index in [-0.39, 0.29) is 30.0 Å². The van der Waals surface area contributed by atoms with E-state index in [2.05, 4.69) is 21.2 Å². The first-order valence-electron chi connectivity index (χ1n) is 14.0. The van der Waals surface area contributed by atoms with Gasteiger partial charge in [-0.25, -0.2) is 4.52 Å². The monoisotopic (exact) mass is 657 g/mol. The Hall–Kier alpha value is -4.21. The van der Waals surface area contributed by atoms with Crippen LogP contribution >= 0.6 is 27.5 Å². The van der Waals surface area contributed by atoms with Gasteiger partial charge in [0.1, 0.15) is 5.65 Å². The molecule has 218 valence electrons. The highest BCUT2D eigenvalue weighted by Crippen LogP contribution is 2.27. The van der Waals surface area contributed by atoms with Gasteiger partial charge in [-0.15, -0.1) is 0 Å². The molecule has 2 aromatic heterocycles. The minimum absolute atomic E-state index is 0.00889. The predicted octanol–water partition coefficient (Wildman–Crippen LogP) is 5.83. The topological polar surface area (TPSA) is 88.7 Å². The molecule has 0 saturated heterocycles. The summed E-state index contributed by atoms with van der Waals surface area (Å²) >= 11 is 9.65. The van der Waals surface area contributed by atoms with Gasteiger partial charge in [0, 0.05) is 45.7 Å². The molecule has 8 nitrogen and oxygen atoms in total. The van der Waals surface area contributed by atoms with E-state index in [1.165, 1.54) is 0 Å². The molecule has 43 heavy (non-hydrogen) atoms. The Morgan fingerprint density at radius 1 is 1.02 bits per heavy atom. The smallest absolute Gasteiger partial charge is 0.261 e. The van der Waals surface area contributed by atoms with Gasteiger partial charge in [0.15, 0.2) is 0 Å². The van der Waals surface area contributed by atoms with Gasteiger partial charge in [-0.3, -0.25) is 19.0 Å². The highest BCUT2D eigenvalue weighted by molar-refractivity contribution is 9.10. The van der Waals surface area contributed by atoms with Crippen molar-refractivity contribution in [3.05, 3.63) is 132 Å². The van der Waals surface area contributed by atoms with Gasteiger partial charge < -0.3 is 10.2 Å². The van der Waals surface area contributed by atoms with Crippen molar-refractivity contribution in [1.29, 1.82) is 0 Å². The lowest BCUT2D eigenvalue weighted by molar-refractivity contribution is 0.0729. The Balaban J connectivity index is 1.46. The summed E-state index contributed by atoms with van der Waals surface area (Å²) in [5.41, 5.74) is 5.36. The number of benzene rings is 3. The van der Waals surface area contributed by atoms with Gasteiger partial charge in [0.25, 0.3) is 17.4 Å². The molecule has 0 saturated carbocycles. The number of rotatable bonds is 6. The van der Waals surface area contributed by atoms with Gasteiger partial charge in [-0.1, -0.05) is 41.9 Å². The number of fused-ring (bicyclic) bond motifs is 3. The third kappa shape index (κ3) is 5.62. The second-order valence-corrected chi connectivity index (χ2v) is 12.2. The van der Waals surface area contributed by atoms with Crippen LogP contribution in [0.15, 0.2) is 88.3 Å². The van der Waals surface area contributed by atoms with Crippen LogP contribution in [0.1, 0.15) is 56.9 Å². The van der Waals surface area contributed by atoms with Crippen molar-refractivity contribution in [3.63, 3.8) is 0 Å². The molecule has 0 spiro atoms.